The number of alkyl carbamates (subject to hydrolysis) is 2. The molecule has 19 heteroatoms. The molecule has 86 heavy (non-hydrogen) atoms. The summed E-state index contributed by atoms with van der Waals surface area (Å²) in [5.74, 6) is -2.26. The Morgan fingerprint density at radius 3 is 1.34 bits per heavy atom. The van der Waals surface area contributed by atoms with Crippen LogP contribution in [-0.4, -0.2) is 150 Å². The van der Waals surface area contributed by atoms with E-state index in [-0.39, 0.29) is 44.2 Å². The lowest BCUT2D eigenvalue weighted by atomic mass is 9.98. The average molecular weight is 1230 g/mol. The average Bonchev–Trinajstić information content (AvgIpc) is 1.70. The fourth-order valence-electron chi connectivity index (χ4n) is 9.72. The molecule has 0 heterocycles. The number of aliphatic hydroxyl groups excluding tert-OH is 5. The summed E-state index contributed by atoms with van der Waals surface area (Å²) in [6.45, 7) is 18.7. The topological polar surface area (TPSA) is 274 Å². The molecule has 6 rings (SSSR count). The van der Waals surface area contributed by atoms with Crippen molar-refractivity contribution in [1.82, 2.24) is 15.3 Å². The number of nitrogens with one attached hydrogen (secondary N) is 2. The minimum atomic E-state index is -1.35. The minimum Gasteiger partial charge on any atom is -0.479 e. The highest BCUT2D eigenvalue weighted by Gasteiger charge is 2.32. The van der Waals surface area contributed by atoms with E-state index in [1.807, 2.05) is 55.5 Å². The lowest BCUT2D eigenvalue weighted by molar-refractivity contribution is -0.147. The van der Waals surface area contributed by atoms with Crippen molar-refractivity contribution in [1.29, 1.82) is 2.86 Å². The van der Waals surface area contributed by atoms with Gasteiger partial charge in [-0.3, -0.25) is 0 Å². The van der Waals surface area contributed by atoms with Crippen LogP contribution in [0.1, 0.15) is 183 Å². The lowest BCUT2D eigenvalue weighted by Crippen LogP contribution is -2.35. The van der Waals surface area contributed by atoms with Gasteiger partial charge in [-0.25, -0.2) is 23.8 Å². The van der Waals surface area contributed by atoms with Crippen molar-refractivity contribution in [2.24, 2.45) is 0 Å². The van der Waals surface area contributed by atoms with Gasteiger partial charge in [-0.15, -0.1) is 6.58 Å². The molecule has 2 amide bonds. The molecule has 4 aromatic rings. The van der Waals surface area contributed by atoms with Gasteiger partial charge < -0.3 is 64.9 Å². The molecule has 0 aliphatic heterocycles. The van der Waals surface area contributed by atoms with Crippen LogP contribution in [0.25, 0.3) is 22.3 Å². The van der Waals surface area contributed by atoms with Gasteiger partial charge >= 0.3 is 24.1 Å². The van der Waals surface area contributed by atoms with Gasteiger partial charge in [0.25, 0.3) is 8.53 Å². The first-order valence-corrected chi connectivity index (χ1v) is 30.9. The predicted octanol–water partition coefficient (Wildman–Crippen LogP) is 13.0. The largest absolute Gasteiger partial charge is 0.479 e. The maximum absolute atomic E-state index is 12.0. The lowest BCUT2D eigenvalue weighted by Gasteiger charge is -2.37. The summed E-state index contributed by atoms with van der Waals surface area (Å²) in [5, 5.41) is 58.4. The van der Waals surface area contributed by atoms with Crippen LogP contribution in [-0.2, 0) is 28.1 Å². The summed E-state index contributed by atoms with van der Waals surface area (Å²) >= 11 is 0. The molecule has 0 bridgehead atoms. The summed E-state index contributed by atoms with van der Waals surface area (Å²) < 4.78 is 50.3. The number of carboxylic acids is 2. The number of hydrogen-bond acceptors (Lipinski definition) is 14. The van der Waals surface area contributed by atoms with E-state index in [9.17, 15) is 29.4 Å². The fourth-order valence-corrected chi connectivity index (χ4v) is 11.4. The molecule has 0 fully saturated rings. The van der Waals surface area contributed by atoms with Crippen molar-refractivity contribution in [2.45, 2.75) is 195 Å². The summed E-state index contributed by atoms with van der Waals surface area (Å²) in [7, 11) is 1.32. The second-order valence-corrected chi connectivity index (χ2v) is 22.7. The van der Waals surface area contributed by atoms with Crippen molar-refractivity contribution in [2.75, 3.05) is 46.1 Å². The number of benzene rings is 4. The Bertz CT molecular complexity index is 2490. The molecular formula is C67H104N3O15P. The summed E-state index contributed by atoms with van der Waals surface area (Å²) in [4.78, 5) is 44.5. The van der Waals surface area contributed by atoms with Crippen LogP contribution in [0.5, 0.6) is 0 Å². The third-order valence-corrected chi connectivity index (χ3v) is 16.2. The monoisotopic (exact) mass is 1230 g/mol. The highest BCUT2D eigenvalue weighted by molar-refractivity contribution is 7.44. The Hall–Kier alpha value is -5.79. The zero-order chi connectivity index (χ0) is 67.2. The maximum atomic E-state index is 12.0. The predicted molar refractivity (Wildman–Crippen MR) is 343 cm³/mol. The van der Waals surface area contributed by atoms with Crippen molar-refractivity contribution in [3.05, 3.63) is 132 Å². The Morgan fingerprint density at radius 2 is 0.977 bits per heavy atom. The van der Waals surface area contributed by atoms with Crippen LogP contribution in [0.3, 0.4) is 0 Å². The third kappa shape index (κ3) is 27.5. The molecule has 0 saturated carbocycles. The molecule has 5 atom stereocenters. The molecule has 18 nitrogen and oxygen atoms in total. The molecule has 0 saturated heterocycles. The second kappa shape index (κ2) is 44.6. The summed E-state index contributed by atoms with van der Waals surface area (Å²) in [5.41, 5.74) is 9.48. The van der Waals surface area contributed by atoms with Gasteiger partial charge in [0.1, 0.15) is 13.2 Å². The first-order chi connectivity index (χ1) is 43.4. The van der Waals surface area contributed by atoms with Crippen molar-refractivity contribution >= 4 is 32.7 Å². The minimum absolute atomic E-state index is 0.0137. The molecular weight excluding hydrogens is 1120 g/mol. The molecule has 482 valence electrons. The van der Waals surface area contributed by atoms with Gasteiger partial charge in [-0.2, -0.15) is 0 Å². The van der Waals surface area contributed by atoms with Crippen LogP contribution < -0.4 is 10.6 Å². The third-order valence-electron chi connectivity index (χ3n) is 14.0. The number of carbonyl (C=O) groups is 4. The van der Waals surface area contributed by atoms with E-state index in [0.29, 0.717) is 64.1 Å². The van der Waals surface area contributed by atoms with Crippen LogP contribution >= 0.6 is 8.53 Å². The van der Waals surface area contributed by atoms with Gasteiger partial charge in [0.15, 0.2) is 12.2 Å². The van der Waals surface area contributed by atoms with Gasteiger partial charge in [-0.05, 0) is 124 Å². The number of rotatable bonds is 36. The number of ether oxygens (including phenoxy) is 2. The highest BCUT2D eigenvalue weighted by Crippen LogP contribution is 2.48. The summed E-state index contributed by atoms with van der Waals surface area (Å²) in [6.07, 6.45) is 8.40. The smallest absolute Gasteiger partial charge is 0.407 e. The molecule has 0 aromatic heterocycles. The first-order valence-electron chi connectivity index (χ1n) is 32.6. The van der Waals surface area contributed by atoms with Gasteiger partial charge in [0, 0.05) is 39.8 Å². The van der Waals surface area contributed by atoms with E-state index in [4.69, 9.17) is 39.4 Å². The van der Waals surface area contributed by atoms with E-state index < -0.39 is 51.0 Å². The van der Waals surface area contributed by atoms with E-state index in [2.05, 4.69) is 115 Å². The Morgan fingerprint density at radius 1 is 0.605 bits per heavy atom. The maximum Gasteiger partial charge on any atom is 0.407 e. The van der Waals surface area contributed by atoms with Crippen molar-refractivity contribution < 1.29 is 76.2 Å². The van der Waals surface area contributed by atoms with E-state index in [1.165, 1.54) is 61.0 Å². The van der Waals surface area contributed by atoms with Crippen LogP contribution in [0.2, 0.25) is 0 Å². The quantitative estimate of drug-likeness (QED) is 0.0116. The molecule has 9 N–H and O–H groups in total. The van der Waals surface area contributed by atoms with Gasteiger partial charge in [0.2, 0.25) is 2.86 Å². The van der Waals surface area contributed by atoms with Crippen LogP contribution in [0.4, 0.5) is 9.59 Å². The van der Waals surface area contributed by atoms with E-state index >= 15 is 0 Å². The van der Waals surface area contributed by atoms with E-state index in [1.54, 1.807) is 6.08 Å². The SMILES string of the molecule is CCCCC[C@H](O)C(=O)O.O=C(NCCCC[C@H](O)C(=O)O)OCC1c2ccccc2-c2ccccc21.[2H]OC[C@@H](O)CCCCNC(=O)OCC1c2ccccc2-c2ccccc21.[2H]OC[C@H](CCCCC)OP(OCC=C)N(C(C)C)C(C)C.[3H]C.[3H]C. The number of carbonyl (C=O) groups excluding carboxylic acids is 2. The zero-order valence-corrected chi connectivity index (χ0v) is 53.1. The molecule has 4 aromatic carbocycles. The number of unbranched alkanes of at least 4 members (excludes halogenated alkanes) is 6. The molecule has 1 unspecified atom stereocenters. The second-order valence-electron chi connectivity index (χ2n) is 21.3. The molecule has 0 radical (unpaired) electrons. The number of amides is 2. The van der Waals surface area contributed by atoms with Gasteiger partial charge in [0.05, 0.1) is 32.0 Å². The van der Waals surface area contributed by atoms with Crippen LogP contribution in [0, 0.1) is 0 Å². The Kier molecular flexibility index (Phi) is 36.8. The molecule has 2 aliphatic carbocycles. The number of nitrogens with zero attached hydrogens (tertiary/aromatic N) is 1. The normalized spacial score (nSPS) is 14.0. The Labute approximate surface area is 520 Å². The van der Waals surface area contributed by atoms with Crippen molar-refractivity contribution in [3.8, 4) is 22.3 Å². The Balaban J connectivity index is 0.000000614. The standard InChI is InChI=1S/C21H23NO5.C21H25NO4.C16H34NO3P.C7H14O3.2CH4/c23-19(20(24)25)11-5-6-12-22-21(26)27-13-18-16-9-3-1-7-14(16)15-8-2-4-10-17(15)18;23-13-15(24)7-5-6-12-22-21(25)26-14-20-18-10-3-1-8-16(18)17-9-2-4-11-19(17)20;1-7-9-10-11-16(13-18)20-21(19-12-8-2)17(14(3)4)15(5)6;1-2-3-4-5-6(8)7(9)10;;/h1-4,7-10,18-19,23H,5-6,11-13H2,(H,22,26)(H,24,25);1-4,8-11,15,20,23-24H,5-7,12-14H2,(H,22,25);8,14-16,18H,2,7,9-13H2,1,3-6H3;6,8H,2-5H2,1H3,(H,9,10);2*1H4/t19-;15-;16-,21?;6-;;/m0000../s1/i;23D;18D;;2*1T. The van der Waals surface area contributed by atoms with Crippen molar-refractivity contribution in [3.63, 3.8) is 0 Å². The highest BCUT2D eigenvalue weighted by atomic mass is 31.2. The number of hydrogen-bond donors (Lipinski definition) is 9. The van der Waals surface area contributed by atoms with E-state index in [0.717, 1.165) is 56.1 Å². The number of carboxylic acid groups (broad SMARTS) is 2. The molecule has 2 aliphatic rings. The number of fused-ring (bicyclic) bond motifs is 6. The van der Waals surface area contributed by atoms with Crippen LogP contribution in [0.15, 0.2) is 110 Å². The van der Waals surface area contributed by atoms with Gasteiger partial charge in [-0.1, -0.05) is 170 Å². The summed E-state index contributed by atoms with van der Waals surface area (Å²) in [6, 6.07) is 33.4. The number of aliphatic carboxylic acids is 2. The number of aliphatic hydroxyl groups is 5. The fraction of sp³-hybridized carbons (Fsp3) is 0.552. The first kappa shape index (κ1) is 71.0. The zero-order valence-electron chi connectivity index (χ0n) is 56.2. The molecule has 0 spiro atoms.